The number of rotatable bonds is 3. The molecule has 1 aromatic carbocycles. The van der Waals surface area contributed by atoms with E-state index in [4.69, 9.17) is 0 Å². The van der Waals surface area contributed by atoms with Gasteiger partial charge in [0.2, 0.25) is 5.91 Å². The van der Waals surface area contributed by atoms with Crippen LogP contribution < -0.4 is 5.32 Å². The first-order valence-corrected chi connectivity index (χ1v) is 8.13. The molecule has 0 saturated carbocycles. The average Bonchev–Trinajstić information content (AvgIpc) is 2.49. The number of anilines is 1. The lowest BCUT2D eigenvalue weighted by Gasteiger charge is -2.25. The summed E-state index contributed by atoms with van der Waals surface area (Å²) in [6, 6.07) is 6.04. The fourth-order valence-electron chi connectivity index (χ4n) is 2.46. The first-order valence-electron chi connectivity index (χ1n) is 8.13. The van der Waals surface area contributed by atoms with Gasteiger partial charge in [-0.1, -0.05) is 24.3 Å². The van der Waals surface area contributed by atoms with Crippen LogP contribution in [0.15, 0.2) is 35.5 Å². The third-order valence-electron chi connectivity index (χ3n) is 3.87. The lowest BCUT2D eigenvalue weighted by Crippen LogP contribution is -2.31. The van der Waals surface area contributed by atoms with Crippen molar-refractivity contribution in [1.29, 1.82) is 0 Å². The summed E-state index contributed by atoms with van der Waals surface area (Å²) in [5.41, 5.74) is 3.04. The first kappa shape index (κ1) is 17.3. The van der Waals surface area contributed by atoms with Crippen molar-refractivity contribution in [1.82, 2.24) is 4.90 Å². The Bertz CT molecular complexity index is 606. The van der Waals surface area contributed by atoms with Crippen LogP contribution in [0.2, 0.25) is 0 Å². The van der Waals surface area contributed by atoms with Crippen LogP contribution >= 0.6 is 0 Å². The molecule has 124 valence electrons. The van der Waals surface area contributed by atoms with Crippen LogP contribution in [0.25, 0.3) is 0 Å². The minimum atomic E-state index is -0.0895. The van der Waals surface area contributed by atoms with E-state index in [2.05, 4.69) is 31.1 Å². The van der Waals surface area contributed by atoms with Crippen molar-refractivity contribution < 1.29 is 4.79 Å². The molecule has 2 rings (SSSR count). The molecule has 1 unspecified atom stereocenters. The van der Waals surface area contributed by atoms with E-state index in [0.717, 1.165) is 29.8 Å². The minimum absolute atomic E-state index is 0.0612. The van der Waals surface area contributed by atoms with Crippen LogP contribution in [0.3, 0.4) is 0 Å². The maximum absolute atomic E-state index is 12.5. The van der Waals surface area contributed by atoms with Gasteiger partial charge in [0.25, 0.3) is 0 Å². The molecule has 0 aromatic heterocycles. The van der Waals surface area contributed by atoms with Gasteiger partial charge < -0.3 is 10.2 Å². The second-order valence-electron chi connectivity index (χ2n) is 7.15. The molecule has 1 aliphatic rings. The second-order valence-corrected chi connectivity index (χ2v) is 7.15. The predicted octanol–water partition coefficient (Wildman–Crippen LogP) is 3.90. The molecule has 0 saturated heterocycles. The van der Waals surface area contributed by atoms with Gasteiger partial charge in [-0.05, 0) is 52.2 Å². The molecule has 1 aromatic rings. The highest BCUT2D eigenvalue weighted by molar-refractivity contribution is 5.95. The zero-order chi connectivity index (χ0) is 17.0. The van der Waals surface area contributed by atoms with Gasteiger partial charge in [0.15, 0.2) is 0 Å². The van der Waals surface area contributed by atoms with Gasteiger partial charge in [-0.2, -0.15) is 0 Å². The first-order chi connectivity index (χ1) is 10.8. The second kappa shape index (κ2) is 6.99. The molecule has 23 heavy (non-hydrogen) atoms. The van der Waals surface area contributed by atoms with Gasteiger partial charge in [-0.3, -0.25) is 9.79 Å². The van der Waals surface area contributed by atoms with Crippen LogP contribution in [0, 0.1) is 19.8 Å². The molecule has 1 amide bonds. The van der Waals surface area contributed by atoms with Crippen molar-refractivity contribution in [3.05, 3.63) is 41.6 Å². The summed E-state index contributed by atoms with van der Waals surface area (Å²) >= 11 is 0. The molecule has 0 fully saturated rings. The van der Waals surface area contributed by atoms with Gasteiger partial charge in [0.1, 0.15) is 0 Å². The molecule has 0 bridgehead atoms. The maximum Gasteiger partial charge on any atom is 0.231 e. The van der Waals surface area contributed by atoms with Crippen molar-refractivity contribution in [2.75, 3.05) is 11.9 Å². The van der Waals surface area contributed by atoms with E-state index in [1.807, 2.05) is 55.6 Å². The lowest BCUT2D eigenvalue weighted by molar-refractivity contribution is -0.118. The number of amides is 1. The Morgan fingerprint density at radius 3 is 2.48 bits per heavy atom. The molecule has 4 heteroatoms. The van der Waals surface area contributed by atoms with E-state index in [1.165, 1.54) is 0 Å². The molecule has 0 spiro atoms. The van der Waals surface area contributed by atoms with Gasteiger partial charge >= 0.3 is 0 Å². The fourth-order valence-corrected chi connectivity index (χ4v) is 2.46. The lowest BCUT2D eigenvalue weighted by atomic mass is 10.0. The summed E-state index contributed by atoms with van der Waals surface area (Å²) in [5.74, 6) is -0.0284. The molecule has 0 radical (unpaired) electrons. The Balaban J connectivity index is 1.99. The topological polar surface area (TPSA) is 44.7 Å². The molecule has 1 atom stereocenters. The molecule has 0 aliphatic carbocycles. The van der Waals surface area contributed by atoms with Gasteiger partial charge in [-0.25, -0.2) is 0 Å². The van der Waals surface area contributed by atoms with Crippen LogP contribution in [0.1, 0.15) is 38.3 Å². The summed E-state index contributed by atoms with van der Waals surface area (Å²) in [6.45, 7) is 11.0. The number of aryl methyl sites for hydroxylation is 2. The van der Waals surface area contributed by atoms with Crippen molar-refractivity contribution in [3.63, 3.8) is 0 Å². The Labute approximate surface area is 139 Å². The Morgan fingerprint density at radius 1 is 1.30 bits per heavy atom. The Morgan fingerprint density at radius 2 is 1.96 bits per heavy atom. The standard InChI is InChI=1S/C19H27N3O/c1-14-7-6-8-15(2)17(14)21-18(23)16-9-11-22(12-10-16)13-20-19(3,4)5/h6-9,11,13,16H,10,12H2,1-5H3,(H,21,23). The summed E-state index contributed by atoms with van der Waals surface area (Å²) < 4.78 is 0. The number of carbonyl (C=O) groups is 1. The number of para-hydroxylation sites is 1. The smallest absolute Gasteiger partial charge is 0.231 e. The monoisotopic (exact) mass is 313 g/mol. The fraction of sp³-hybridized carbons (Fsp3) is 0.474. The van der Waals surface area contributed by atoms with E-state index in [-0.39, 0.29) is 17.4 Å². The third-order valence-corrected chi connectivity index (χ3v) is 3.87. The maximum atomic E-state index is 12.5. The molecule has 1 aliphatic heterocycles. The van der Waals surface area contributed by atoms with E-state index in [9.17, 15) is 4.79 Å². The number of nitrogens with one attached hydrogen (secondary N) is 1. The summed E-state index contributed by atoms with van der Waals surface area (Å²) in [7, 11) is 0. The number of aliphatic imine (C=N–C) groups is 1. The number of hydrogen-bond acceptors (Lipinski definition) is 2. The zero-order valence-electron chi connectivity index (χ0n) is 14.8. The van der Waals surface area contributed by atoms with Crippen LogP contribution in [0.5, 0.6) is 0 Å². The Hall–Kier alpha value is -2.10. The quantitative estimate of drug-likeness (QED) is 0.679. The largest absolute Gasteiger partial charge is 0.340 e. The van der Waals surface area contributed by atoms with E-state index in [1.54, 1.807) is 0 Å². The van der Waals surface area contributed by atoms with Crippen molar-refractivity contribution in [3.8, 4) is 0 Å². The highest BCUT2D eigenvalue weighted by Gasteiger charge is 2.21. The highest BCUT2D eigenvalue weighted by atomic mass is 16.1. The van der Waals surface area contributed by atoms with E-state index in [0.29, 0.717) is 0 Å². The van der Waals surface area contributed by atoms with Crippen molar-refractivity contribution in [2.24, 2.45) is 10.9 Å². The number of hydrogen-bond donors (Lipinski definition) is 1. The minimum Gasteiger partial charge on any atom is -0.340 e. The predicted molar refractivity (Wildman–Crippen MR) is 96.7 cm³/mol. The van der Waals surface area contributed by atoms with E-state index < -0.39 is 0 Å². The van der Waals surface area contributed by atoms with Crippen LogP contribution in [-0.4, -0.2) is 29.2 Å². The zero-order valence-corrected chi connectivity index (χ0v) is 14.8. The van der Waals surface area contributed by atoms with Crippen LogP contribution in [-0.2, 0) is 4.79 Å². The number of carbonyl (C=O) groups excluding carboxylic acids is 1. The molecule has 1 N–H and O–H groups in total. The molecule has 4 nitrogen and oxygen atoms in total. The summed E-state index contributed by atoms with van der Waals surface area (Å²) in [4.78, 5) is 19.0. The normalized spacial score (nSPS) is 18.5. The molecular formula is C19H27N3O. The number of nitrogens with zero attached hydrogens (tertiary/aromatic N) is 2. The highest BCUT2D eigenvalue weighted by Crippen LogP contribution is 2.22. The SMILES string of the molecule is Cc1cccc(C)c1NC(=O)C1C=CN(C=NC(C)(C)C)CC1. The summed E-state index contributed by atoms with van der Waals surface area (Å²) in [6.07, 6.45) is 6.56. The van der Waals surface area contributed by atoms with E-state index >= 15 is 0 Å². The van der Waals surface area contributed by atoms with Crippen molar-refractivity contribution >= 4 is 17.9 Å². The Kier molecular flexibility index (Phi) is 5.24. The van der Waals surface area contributed by atoms with Gasteiger partial charge in [0, 0.05) is 18.4 Å². The van der Waals surface area contributed by atoms with Gasteiger partial charge in [0.05, 0.1) is 17.8 Å². The number of benzene rings is 1. The summed E-state index contributed by atoms with van der Waals surface area (Å²) in [5, 5.41) is 3.08. The molecule has 1 heterocycles. The van der Waals surface area contributed by atoms with Crippen LogP contribution in [0.4, 0.5) is 5.69 Å². The average molecular weight is 313 g/mol. The van der Waals surface area contributed by atoms with Gasteiger partial charge in [-0.15, -0.1) is 0 Å². The van der Waals surface area contributed by atoms with Crippen molar-refractivity contribution in [2.45, 2.75) is 46.6 Å². The third kappa shape index (κ3) is 4.95. The molecular weight excluding hydrogens is 286 g/mol.